The number of nitrogens with zero attached hydrogens (tertiary/aromatic N) is 1. The van der Waals surface area contributed by atoms with Gasteiger partial charge in [-0.15, -0.1) is 0 Å². The predicted octanol–water partition coefficient (Wildman–Crippen LogP) is 2.37. The van der Waals surface area contributed by atoms with Crippen LogP contribution in [0.15, 0.2) is 18.2 Å². The van der Waals surface area contributed by atoms with Gasteiger partial charge >= 0.3 is 0 Å². The molecule has 0 saturated carbocycles. The molecule has 94 valence electrons. The third kappa shape index (κ3) is 3.96. The molecule has 0 aromatic heterocycles. The lowest BCUT2D eigenvalue weighted by Gasteiger charge is -2.13. The van der Waals surface area contributed by atoms with Crippen LogP contribution in [0.3, 0.4) is 0 Å². The zero-order chi connectivity index (χ0) is 12.8. The fourth-order valence-electron chi connectivity index (χ4n) is 1.43. The molecule has 5 nitrogen and oxygen atoms in total. The molecule has 0 aliphatic rings. The minimum Gasteiger partial charge on any atom is -0.372 e. The molecule has 0 bridgehead atoms. The van der Waals surface area contributed by atoms with Gasteiger partial charge in [-0.25, -0.2) is 0 Å². The third-order valence-corrected chi connectivity index (χ3v) is 2.65. The van der Waals surface area contributed by atoms with E-state index in [4.69, 9.17) is 16.3 Å². The monoisotopic (exact) mass is 258 g/mol. The van der Waals surface area contributed by atoms with Crippen molar-refractivity contribution < 1.29 is 9.66 Å². The Morgan fingerprint density at radius 3 is 2.88 bits per heavy atom. The molecule has 1 unspecified atom stereocenters. The summed E-state index contributed by atoms with van der Waals surface area (Å²) in [6, 6.07) is 4.60. The Hall–Kier alpha value is -1.17. The van der Waals surface area contributed by atoms with E-state index in [1.807, 2.05) is 14.0 Å². The van der Waals surface area contributed by atoms with Crippen LogP contribution in [0.2, 0.25) is 5.02 Å². The fourth-order valence-corrected chi connectivity index (χ4v) is 1.66. The number of ether oxygens (including phenoxy) is 1. The van der Waals surface area contributed by atoms with Crippen molar-refractivity contribution in [2.45, 2.75) is 19.6 Å². The number of nitro groups is 1. The van der Waals surface area contributed by atoms with Crippen molar-refractivity contribution in [1.82, 2.24) is 5.32 Å². The lowest BCUT2D eigenvalue weighted by Crippen LogP contribution is -2.23. The Balaban J connectivity index is 2.79. The minimum atomic E-state index is -0.451. The highest BCUT2D eigenvalue weighted by atomic mass is 35.5. The van der Waals surface area contributed by atoms with Crippen LogP contribution in [0.4, 0.5) is 5.69 Å². The van der Waals surface area contributed by atoms with Crippen molar-refractivity contribution in [3.05, 3.63) is 38.9 Å². The van der Waals surface area contributed by atoms with Gasteiger partial charge in [0, 0.05) is 12.6 Å². The second-order valence-electron chi connectivity index (χ2n) is 3.67. The van der Waals surface area contributed by atoms with Crippen molar-refractivity contribution in [2.24, 2.45) is 0 Å². The van der Waals surface area contributed by atoms with Crippen LogP contribution >= 0.6 is 11.6 Å². The molecule has 0 saturated heterocycles. The summed E-state index contributed by atoms with van der Waals surface area (Å²) >= 11 is 5.93. The van der Waals surface area contributed by atoms with Crippen molar-refractivity contribution >= 4 is 17.3 Å². The molecule has 0 aliphatic heterocycles. The van der Waals surface area contributed by atoms with E-state index < -0.39 is 4.92 Å². The second-order valence-corrected chi connectivity index (χ2v) is 4.08. The van der Waals surface area contributed by atoms with E-state index in [0.29, 0.717) is 17.1 Å². The summed E-state index contributed by atoms with van der Waals surface area (Å²) in [5.74, 6) is 0. The van der Waals surface area contributed by atoms with Crippen LogP contribution in [-0.4, -0.2) is 24.6 Å². The maximum Gasteiger partial charge on any atom is 0.276 e. The van der Waals surface area contributed by atoms with Gasteiger partial charge in [0.25, 0.3) is 5.69 Å². The molecule has 1 atom stereocenters. The zero-order valence-corrected chi connectivity index (χ0v) is 10.5. The summed E-state index contributed by atoms with van der Waals surface area (Å²) in [5.41, 5.74) is 0.413. The van der Waals surface area contributed by atoms with Crippen LogP contribution in [0, 0.1) is 10.1 Å². The smallest absolute Gasteiger partial charge is 0.276 e. The van der Waals surface area contributed by atoms with Crippen molar-refractivity contribution in [2.75, 3.05) is 13.6 Å². The van der Waals surface area contributed by atoms with E-state index in [2.05, 4.69) is 5.32 Å². The number of likely N-dealkylation sites (N-methyl/N-ethyl adjacent to an activating group) is 1. The molecule has 1 N–H and O–H groups in total. The van der Waals surface area contributed by atoms with Gasteiger partial charge in [0.05, 0.1) is 28.2 Å². The molecular formula is C11H15ClN2O3. The van der Waals surface area contributed by atoms with Crippen molar-refractivity contribution in [3.63, 3.8) is 0 Å². The maximum absolute atomic E-state index is 10.8. The number of halogens is 1. The first-order chi connectivity index (χ1) is 8.06. The van der Waals surface area contributed by atoms with Crippen LogP contribution in [0.25, 0.3) is 0 Å². The van der Waals surface area contributed by atoms with E-state index in [1.165, 1.54) is 6.07 Å². The summed E-state index contributed by atoms with van der Waals surface area (Å²) in [5, 5.41) is 14.1. The highest BCUT2D eigenvalue weighted by molar-refractivity contribution is 6.31. The largest absolute Gasteiger partial charge is 0.372 e. The Kier molecular flexibility index (Phi) is 5.34. The highest BCUT2D eigenvalue weighted by Crippen LogP contribution is 2.27. The molecule has 0 aliphatic carbocycles. The molecule has 0 amide bonds. The zero-order valence-electron chi connectivity index (χ0n) is 9.77. The summed E-state index contributed by atoms with van der Waals surface area (Å²) in [4.78, 5) is 10.4. The summed E-state index contributed by atoms with van der Waals surface area (Å²) < 4.78 is 5.49. The number of hydrogen-bond acceptors (Lipinski definition) is 4. The average Bonchev–Trinajstić information content (AvgIpc) is 2.27. The molecular weight excluding hydrogens is 244 g/mol. The van der Waals surface area contributed by atoms with Gasteiger partial charge in [-0.2, -0.15) is 0 Å². The lowest BCUT2D eigenvalue weighted by atomic mass is 10.2. The maximum atomic E-state index is 10.8. The number of benzene rings is 1. The molecule has 1 aromatic carbocycles. The van der Waals surface area contributed by atoms with Gasteiger partial charge in [-0.3, -0.25) is 10.1 Å². The van der Waals surface area contributed by atoms with Crippen LogP contribution in [0.5, 0.6) is 0 Å². The first-order valence-corrected chi connectivity index (χ1v) is 5.62. The van der Waals surface area contributed by atoms with Gasteiger partial charge in [-0.05, 0) is 20.0 Å². The molecule has 0 fully saturated rings. The molecule has 6 heteroatoms. The van der Waals surface area contributed by atoms with E-state index in [-0.39, 0.29) is 18.4 Å². The Labute approximate surface area is 105 Å². The van der Waals surface area contributed by atoms with Gasteiger partial charge in [-0.1, -0.05) is 17.7 Å². The van der Waals surface area contributed by atoms with Gasteiger partial charge in [0.2, 0.25) is 0 Å². The summed E-state index contributed by atoms with van der Waals surface area (Å²) in [6.07, 6.45) is -0.0316. The van der Waals surface area contributed by atoms with Gasteiger partial charge < -0.3 is 10.1 Å². The molecule has 0 spiro atoms. The number of nitro benzene ring substituents is 1. The number of hydrogen-bond donors (Lipinski definition) is 1. The SMILES string of the molecule is CNCC(C)OCc1c(Cl)cccc1[N+](=O)[O-]. The quantitative estimate of drug-likeness (QED) is 0.628. The molecule has 17 heavy (non-hydrogen) atoms. The molecule has 1 aromatic rings. The Morgan fingerprint density at radius 2 is 2.29 bits per heavy atom. The third-order valence-electron chi connectivity index (χ3n) is 2.29. The second kappa shape index (κ2) is 6.54. The number of rotatable bonds is 6. The van der Waals surface area contributed by atoms with Crippen LogP contribution in [0.1, 0.15) is 12.5 Å². The fraction of sp³-hybridized carbons (Fsp3) is 0.455. The average molecular weight is 259 g/mol. The summed E-state index contributed by atoms with van der Waals surface area (Å²) in [7, 11) is 1.82. The van der Waals surface area contributed by atoms with Gasteiger partial charge in [0.1, 0.15) is 0 Å². The highest BCUT2D eigenvalue weighted by Gasteiger charge is 2.17. The van der Waals surface area contributed by atoms with E-state index >= 15 is 0 Å². The van der Waals surface area contributed by atoms with E-state index in [0.717, 1.165) is 0 Å². The van der Waals surface area contributed by atoms with Gasteiger partial charge in [0.15, 0.2) is 0 Å². The molecule has 1 rings (SSSR count). The number of nitrogens with one attached hydrogen (secondary N) is 1. The first-order valence-electron chi connectivity index (χ1n) is 5.24. The van der Waals surface area contributed by atoms with Crippen molar-refractivity contribution in [1.29, 1.82) is 0 Å². The lowest BCUT2D eigenvalue weighted by molar-refractivity contribution is -0.386. The topological polar surface area (TPSA) is 64.4 Å². The first kappa shape index (κ1) is 13.9. The Morgan fingerprint density at radius 1 is 1.59 bits per heavy atom. The van der Waals surface area contributed by atoms with Crippen molar-refractivity contribution in [3.8, 4) is 0 Å². The normalized spacial score (nSPS) is 12.4. The predicted molar refractivity (Wildman–Crippen MR) is 66.3 cm³/mol. The van der Waals surface area contributed by atoms with Crippen LogP contribution in [-0.2, 0) is 11.3 Å². The molecule has 0 heterocycles. The standard InChI is InChI=1S/C11H15ClN2O3/c1-8(6-13-2)17-7-9-10(12)4-3-5-11(9)14(15)16/h3-5,8,13H,6-7H2,1-2H3. The van der Waals surface area contributed by atoms with E-state index in [9.17, 15) is 10.1 Å². The van der Waals surface area contributed by atoms with E-state index in [1.54, 1.807) is 12.1 Å². The Bertz CT molecular complexity index is 398. The van der Waals surface area contributed by atoms with Crippen LogP contribution < -0.4 is 5.32 Å². The minimum absolute atomic E-state index is 0.00541. The molecule has 0 radical (unpaired) electrons. The summed E-state index contributed by atoms with van der Waals surface area (Å²) in [6.45, 7) is 2.70.